The zero-order chi connectivity index (χ0) is 11.8. The molecule has 13 heavy (non-hydrogen) atoms. The summed E-state index contributed by atoms with van der Waals surface area (Å²) < 4.78 is 22.1. The first kappa shape index (κ1) is 5.37. The molecule has 3 heteroatoms. The summed E-state index contributed by atoms with van der Waals surface area (Å²) in [7, 11) is 0. The molecule has 1 saturated heterocycles. The molecule has 0 N–H and O–H groups in total. The third-order valence-corrected chi connectivity index (χ3v) is 2.28. The first-order valence-corrected chi connectivity index (χ1v) is 4.22. The van der Waals surface area contributed by atoms with Crippen molar-refractivity contribution in [2.45, 2.75) is 18.9 Å². The molecule has 1 aliphatic rings. The van der Waals surface area contributed by atoms with Crippen LogP contribution >= 0.6 is 0 Å². The molecular formula is C10H12N2O. The van der Waals surface area contributed by atoms with Crippen molar-refractivity contribution in [3.05, 3.63) is 30.1 Å². The summed E-state index contributed by atoms with van der Waals surface area (Å²) in [5.74, 6) is -0.311. The minimum atomic E-state index is -2.37. The van der Waals surface area contributed by atoms with Gasteiger partial charge in [-0.2, -0.15) is 0 Å². The second-order valence-corrected chi connectivity index (χ2v) is 3.10. The maximum Gasteiger partial charge on any atom is 0.222 e. The number of rotatable bonds is 1. The molecule has 1 aromatic heterocycles. The molecule has 2 heterocycles. The van der Waals surface area contributed by atoms with Crippen LogP contribution in [-0.2, 0) is 4.79 Å². The quantitative estimate of drug-likeness (QED) is 0.652. The van der Waals surface area contributed by atoms with Crippen LogP contribution in [-0.4, -0.2) is 22.8 Å². The molecule has 1 amide bonds. The van der Waals surface area contributed by atoms with E-state index in [0.717, 1.165) is 10.5 Å². The Kier molecular flexibility index (Phi) is 1.31. The Hall–Kier alpha value is -1.38. The molecule has 1 aliphatic heterocycles. The summed E-state index contributed by atoms with van der Waals surface area (Å²) in [4.78, 5) is 16.5. The summed E-state index contributed by atoms with van der Waals surface area (Å²) in [6.07, 6.45) is 4.07. The number of amides is 1. The van der Waals surface area contributed by atoms with Crippen molar-refractivity contribution in [3.8, 4) is 0 Å². The van der Waals surface area contributed by atoms with Crippen molar-refractivity contribution < 1.29 is 8.91 Å². The fraction of sp³-hybridized carbons (Fsp3) is 0.400. The van der Waals surface area contributed by atoms with Crippen LogP contribution in [0.5, 0.6) is 0 Å². The van der Waals surface area contributed by atoms with E-state index in [1.165, 1.54) is 0 Å². The van der Waals surface area contributed by atoms with Gasteiger partial charge in [0.2, 0.25) is 5.91 Å². The number of carbonyl (C=O) groups excluding carboxylic acids is 1. The second-order valence-electron chi connectivity index (χ2n) is 3.10. The Bertz CT molecular complexity index is 391. The van der Waals surface area contributed by atoms with Gasteiger partial charge in [-0.25, -0.2) is 0 Å². The van der Waals surface area contributed by atoms with Crippen molar-refractivity contribution in [2.75, 3.05) is 6.98 Å². The molecule has 0 aliphatic carbocycles. The van der Waals surface area contributed by atoms with Crippen LogP contribution in [0.25, 0.3) is 0 Å². The Morgan fingerprint density at radius 1 is 1.77 bits per heavy atom. The average molecular weight is 179 g/mol. The number of pyridine rings is 1. The van der Waals surface area contributed by atoms with Crippen molar-refractivity contribution in [1.29, 1.82) is 0 Å². The van der Waals surface area contributed by atoms with E-state index in [1.807, 2.05) is 0 Å². The smallest absolute Gasteiger partial charge is 0.222 e. The molecule has 0 saturated carbocycles. The van der Waals surface area contributed by atoms with Crippen LogP contribution in [0.3, 0.4) is 0 Å². The SMILES string of the molecule is [2H]C([2H])([2H])N1C(=O)CCC1c1cccnc1. The lowest BCUT2D eigenvalue weighted by atomic mass is 10.1. The van der Waals surface area contributed by atoms with E-state index >= 15 is 0 Å². The van der Waals surface area contributed by atoms with Crippen LogP contribution in [0.2, 0.25) is 0 Å². The number of carbonyl (C=O) groups is 1. The van der Waals surface area contributed by atoms with Gasteiger partial charge in [-0.1, -0.05) is 6.07 Å². The fourth-order valence-corrected chi connectivity index (χ4v) is 1.57. The maximum absolute atomic E-state index is 11.6. The molecule has 0 radical (unpaired) electrons. The molecule has 2 rings (SSSR count). The van der Waals surface area contributed by atoms with Gasteiger partial charge in [0, 0.05) is 29.9 Å². The van der Waals surface area contributed by atoms with Crippen molar-refractivity contribution in [2.24, 2.45) is 0 Å². The molecule has 1 aromatic rings. The van der Waals surface area contributed by atoms with Crippen molar-refractivity contribution in [3.63, 3.8) is 0 Å². The van der Waals surface area contributed by atoms with E-state index in [4.69, 9.17) is 4.11 Å². The van der Waals surface area contributed by atoms with E-state index in [-0.39, 0.29) is 18.4 Å². The summed E-state index contributed by atoms with van der Waals surface area (Å²) >= 11 is 0. The van der Waals surface area contributed by atoms with E-state index in [0.29, 0.717) is 6.42 Å². The van der Waals surface area contributed by atoms with Gasteiger partial charge in [-0.3, -0.25) is 9.78 Å². The van der Waals surface area contributed by atoms with Gasteiger partial charge in [-0.15, -0.1) is 0 Å². The largest absolute Gasteiger partial charge is 0.339 e. The molecule has 68 valence electrons. The lowest BCUT2D eigenvalue weighted by molar-refractivity contribution is -0.127. The van der Waals surface area contributed by atoms with Gasteiger partial charge in [-0.05, 0) is 18.1 Å². The molecule has 1 fully saturated rings. The number of likely N-dealkylation sites (tertiary alicyclic amines) is 1. The predicted molar refractivity (Wildman–Crippen MR) is 49.0 cm³/mol. The molecule has 0 aromatic carbocycles. The number of aromatic nitrogens is 1. The zero-order valence-electron chi connectivity index (χ0n) is 10.1. The monoisotopic (exact) mass is 179 g/mol. The van der Waals surface area contributed by atoms with Crippen molar-refractivity contribution in [1.82, 2.24) is 9.88 Å². The van der Waals surface area contributed by atoms with Gasteiger partial charge in [0.05, 0.1) is 6.04 Å². The van der Waals surface area contributed by atoms with E-state index in [2.05, 4.69) is 4.98 Å². The van der Waals surface area contributed by atoms with Crippen LogP contribution < -0.4 is 0 Å². The van der Waals surface area contributed by atoms with Crippen LogP contribution in [0.1, 0.15) is 28.6 Å². The minimum absolute atomic E-state index is 0.290. The number of nitrogens with zero attached hydrogens (tertiary/aromatic N) is 2. The van der Waals surface area contributed by atoms with Gasteiger partial charge < -0.3 is 4.90 Å². The third kappa shape index (κ3) is 1.41. The van der Waals surface area contributed by atoms with Crippen LogP contribution in [0.4, 0.5) is 0 Å². The van der Waals surface area contributed by atoms with Crippen LogP contribution in [0, 0.1) is 0 Å². The summed E-state index contributed by atoms with van der Waals surface area (Å²) in [5.41, 5.74) is 0.782. The van der Waals surface area contributed by atoms with Gasteiger partial charge in [0.1, 0.15) is 0 Å². The zero-order valence-corrected chi connectivity index (χ0v) is 7.10. The van der Waals surface area contributed by atoms with Gasteiger partial charge >= 0.3 is 0 Å². The lowest BCUT2D eigenvalue weighted by Gasteiger charge is -2.19. The summed E-state index contributed by atoms with van der Waals surface area (Å²) in [6.45, 7) is -2.37. The molecular weight excluding hydrogens is 164 g/mol. The Morgan fingerprint density at radius 2 is 2.69 bits per heavy atom. The third-order valence-electron chi connectivity index (χ3n) is 2.28. The number of hydrogen-bond acceptors (Lipinski definition) is 2. The lowest BCUT2D eigenvalue weighted by Crippen LogP contribution is -2.22. The van der Waals surface area contributed by atoms with E-state index in [9.17, 15) is 4.79 Å². The van der Waals surface area contributed by atoms with Gasteiger partial charge in [0.15, 0.2) is 0 Å². The highest BCUT2D eigenvalue weighted by Gasteiger charge is 2.28. The number of hydrogen-bond donors (Lipinski definition) is 0. The normalized spacial score (nSPS) is 26.8. The van der Waals surface area contributed by atoms with Crippen molar-refractivity contribution >= 4 is 5.91 Å². The maximum atomic E-state index is 11.6. The molecule has 0 spiro atoms. The van der Waals surface area contributed by atoms with Gasteiger partial charge in [0.25, 0.3) is 0 Å². The average Bonchev–Trinajstić information content (AvgIpc) is 2.61. The van der Waals surface area contributed by atoms with E-state index in [1.54, 1.807) is 24.5 Å². The van der Waals surface area contributed by atoms with E-state index < -0.39 is 6.98 Å². The first-order chi connectivity index (χ1) is 7.50. The summed E-state index contributed by atoms with van der Waals surface area (Å²) in [6, 6.07) is 3.18. The molecule has 1 unspecified atom stereocenters. The Balaban J connectivity index is 2.32. The first-order valence-electron chi connectivity index (χ1n) is 5.72. The van der Waals surface area contributed by atoms with Crippen LogP contribution in [0.15, 0.2) is 24.5 Å². The highest BCUT2D eigenvalue weighted by atomic mass is 16.2. The highest BCUT2D eigenvalue weighted by Crippen LogP contribution is 2.30. The standard InChI is InChI=1S/C10H12N2O/c1-12-9(4-5-10(12)13)8-3-2-6-11-7-8/h2-3,6-7,9H,4-5H2,1H3/i1D3. The Morgan fingerprint density at radius 3 is 3.38 bits per heavy atom. The fourth-order valence-electron chi connectivity index (χ4n) is 1.57. The highest BCUT2D eigenvalue weighted by molar-refractivity contribution is 5.78. The molecule has 3 nitrogen and oxygen atoms in total. The molecule has 0 bridgehead atoms. The second kappa shape index (κ2) is 3.17. The topological polar surface area (TPSA) is 33.2 Å². The minimum Gasteiger partial charge on any atom is -0.339 e. The summed E-state index contributed by atoms with van der Waals surface area (Å²) in [5, 5.41) is 0. The molecule has 1 atom stereocenters. The Labute approximate surface area is 81.6 Å². The predicted octanol–water partition coefficient (Wildman–Crippen LogP) is 1.37.